The summed E-state index contributed by atoms with van der Waals surface area (Å²) in [5.74, 6) is 1.01. The number of ether oxygens (including phenoxy) is 2. The number of benzene rings is 4. The summed E-state index contributed by atoms with van der Waals surface area (Å²) in [6.45, 7) is 10.4. The monoisotopic (exact) mass is 683 g/mol. The number of carbonyl (C=O) groups is 1. The lowest BCUT2D eigenvalue weighted by atomic mass is 10.0. The predicted octanol–water partition coefficient (Wildman–Crippen LogP) is 11.1. The molecule has 5 rings (SSSR count). The number of phenols is 1. The van der Waals surface area contributed by atoms with E-state index in [0.29, 0.717) is 35.2 Å². The number of carbonyl (C=O) groups excluding carboxylic acids is 1. The number of methoxy groups -OCH3 is 1. The zero-order chi connectivity index (χ0) is 36.6. The van der Waals surface area contributed by atoms with Gasteiger partial charge in [0.2, 0.25) is 0 Å². The Morgan fingerprint density at radius 2 is 1.31 bits per heavy atom. The van der Waals surface area contributed by atoms with Gasteiger partial charge >= 0.3 is 5.97 Å². The van der Waals surface area contributed by atoms with Crippen LogP contribution in [0.1, 0.15) is 72.3 Å². The van der Waals surface area contributed by atoms with Crippen molar-refractivity contribution < 1.29 is 19.4 Å². The Morgan fingerprint density at radius 3 is 1.82 bits per heavy atom. The molecule has 51 heavy (non-hydrogen) atoms. The molecule has 7 heteroatoms. The fourth-order valence-electron chi connectivity index (χ4n) is 5.33. The molecule has 1 heterocycles. The van der Waals surface area contributed by atoms with E-state index in [4.69, 9.17) is 24.4 Å². The van der Waals surface area contributed by atoms with Crippen molar-refractivity contribution >= 4 is 11.5 Å². The van der Waals surface area contributed by atoms with Gasteiger partial charge in [-0.05, 0) is 54.2 Å². The largest absolute Gasteiger partial charge is 0.507 e. The van der Waals surface area contributed by atoms with Crippen LogP contribution in [0, 0.1) is 0 Å². The van der Waals surface area contributed by atoms with Crippen molar-refractivity contribution in [3.63, 3.8) is 0 Å². The number of unbranched alkanes of at least 4 members (excludes halogenated alkanes) is 2. The second-order valence-electron chi connectivity index (χ2n) is 12.0. The Balaban J connectivity index is 0.00000109. The Hall–Kier alpha value is -5.56. The van der Waals surface area contributed by atoms with Gasteiger partial charge < -0.3 is 14.6 Å². The number of allylic oxidation sites excluding steroid dienone is 4. The number of aromatic nitrogens is 3. The quantitative estimate of drug-likeness (QED) is 0.0975. The highest BCUT2D eigenvalue weighted by Gasteiger charge is 2.21. The Labute approximate surface area is 302 Å². The van der Waals surface area contributed by atoms with Crippen LogP contribution in [0.3, 0.4) is 0 Å². The summed E-state index contributed by atoms with van der Waals surface area (Å²) < 4.78 is 10.6. The summed E-state index contributed by atoms with van der Waals surface area (Å²) in [6, 6.07) is 31.1. The molecule has 1 N–H and O–H groups in total. The van der Waals surface area contributed by atoms with Crippen molar-refractivity contribution in [2.45, 2.75) is 72.8 Å². The summed E-state index contributed by atoms with van der Waals surface area (Å²) >= 11 is 0. The first-order valence-corrected chi connectivity index (χ1v) is 17.8. The Morgan fingerprint density at radius 1 is 0.745 bits per heavy atom. The summed E-state index contributed by atoms with van der Waals surface area (Å²) in [4.78, 5) is 26.5. The molecule has 0 bridgehead atoms. The van der Waals surface area contributed by atoms with Gasteiger partial charge in [-0.1, -0.05) is 144 Å². The van der Waals surface area contributed by atoms with Crippen LogP contribution in [0.5, 0.6) is 11.5 Å². The van der Waals surface area contributed by atoms with Gasteiger partial charge in [0.05, 0.1) is 12.7 Å². The van der Waals surface area contributed by atoms with Crippen LogP contribution in [0.15, 0.2) is 115 Å². The smallest absolute Gasteiger partial charge is 0.347 e. The Kier molecular flexibility index (Phi) is 14.7. The van der Waals surface area contributed by atoms with Gasteiger partial charge in [-0.2, -0.15) is 0 Å². The van der Waals surface area contributed by atoms with Gasteiger partial charge in [0.1, 0.15) is 11.5 Å². The van der Waals surface area contributed by atoms with Gasteiger partial charge in [-0.3, -0.25) is 0 Å². The van der Waals surface area contributed by atoms with Gasteiger partial charge in [0.15, 0.2) is 23.6 Å². The molecule has 0 fully saturated rings. The number of aromatic hydroxyl groups is 1. The number of phenolic OH excluding ortho intramolecular Hbond substituents is 1. The molecule has 264 valence electrons. The molecule has 0 amide bonds. The highest BCUT2D eigenvalue weighted by Crippen LogP contribution is 2.34. The minimum absolute atomic E-state index is 0.0875. The SMILES string of the molecule is C/C=C(\C=C/CC)c1ccc(-c2nc(-c3ccc(-c4ccccc4)cc3)nc(-c3ccc(OC(CC)C(=O)OC)cc3O)n2)cc1.CCCCC. The second kappa shape index (κ2) is 19.6. The van der Waals surface area contributed by atoms with Crippen molar-refractivity contribution in [3.8, 4) is 56.8 Å². The van der Waals surface area contributed by atoms with Crippen LogP contribution >= 0.6 is 0 Å². The molecule has 0 aliphatic carbocycles. The highest BCUT2D eigenvalue weighted by atomic mass is 16.6. The number of esters is 1. The first kappa shape index (κ1) is 38.2. The fraction of sp³-hybridized carbons (Fsp3) is 0.273. The molecule has 0 spiro atoms. The van der Waals surface area contributed by atoms with Crippen LogP contribution in [-0.2, 0) is 9.53 Å². The van der Waals surface area contributed by atoms with Gasteiger partial charge in [0.25, 0.3) is 0 Å². The van der Waals surface area contributed by atoms with Crippen LogP contribution in [0.25, 0.3) is 50.9 Å². The number of nitrogens with zero attached hydrogens (tertiary/aromatic N) is 3. The molecule has 0 aliphatic rings. The molecule has 0 aliphatic heterocycles. The first-order chi connectivity index (χ1) is 24.8. The maximum Gasteiger partial charge on any atom is 0.347 e. The molecule has 0 saturated carbocycles. The summed E-state index contributed by atoms with van der Waals surface area (Å²) in [5.41, 5.74) is 6.45. The molecule has 1 aromatic heterocycles. The average Bonchev–Trinajstić information content (AvgIpc) is 3.18. The first-order valence-electron chi connectivity index (χ1n) is 17.8. The lowest BCUT2D eigenvalue weighted by Gasteiger charge is -2.16. The third-order valence-corrected chi connectivity index (χ3v) is 8.24. The molecular formula is C44H49N3O4. The van der Waals surface area contributed by atoms with E-state index < -0.39 is 12.1 Å². The molecule has 5 aromatic rings. The average molecular weight is 684 g/mol. The lowest BCUT2D eigenvalue weighted by Crippen LogP contribution is -2.27. The number of rotatable bonds is 13. The zero-order valence-electron chi connectivity index (χ0n) is 30.6. The zero-order valence-corrected chi connectivity index (χ0v) is 30.6. The van der Waals surface area contributed by atoms with Crippen molar-refractivity contribution in [2.75, 3.05) is 7.11 Å². The van der Waals surface area contributed by atoms with Gasteiger partial charge in [0, 0.05) is 17.2 Å². The molecular weight excluding hydrogens is 635 g/mol. The minimum atomic E-state index is -0.784. The fourth-order valence-corrected chi connectivity index (χ4v) is 5.33. The van der Waals surface area contributed by atoms with Crippen LogP contribution in [0.2, 0.25) is 0 Å². The number of hydrogen-bond donors (Lipinski definition) is 1. The highest BCUT2D eigenvalue weighted by molar-refractivity contribution is 5.77. The van der Waals surface area contributed by atoms with E-state index in [9.17, 15) is 9.90 Å². The third-order valence-electron chi connectivity index (χ3n) is 8.24. The van der Waals surface area contributed by atoms with E-state index in [1.165, 1.54) is 32.4 Å². The van der Waals surface area contributed by atoms with Crippen LogP contribution in [0.4, 0.5) is 0 Å². The molecule has 7 nitrogen and oxygen atoms in total. The normalized spacial score (nSPS) is 11.8. The molecule has 1 atom stereocenters. The van der Waals surface area contributed by atoms with E-state index >= 15 is 0 Å². The van der Waals surface area contributed by atoms with E-state index in [1.54, 1.807) is 12.1 Å². The van der Waals surface area contributed by atoms with Crippen molar-refractivity contribution in [2.24, 2.45) is 0 Å². The van der Waals surface area contributed by atoms with Crippen molar-refractivity contribution in [3.05, 3.63) is 121 Å². The molecule has 1 unspecified atom stereocenters. The summed E-state index contributed by atoms with van der Waals surface area (Å²) in [6.07, 6.45) is 11.0. The topological polar surface area (TPSA) is 94.4 Å². The maximum absolute atomic E-state index is 12.0. The standard InChI is InChI=1S/C39H37N3O4.C5H12/c1-5-8-12-26(6-2)28-15-19-30(20-16-28)36-40-37(31-21-17-29(18-22-31)27-13-10-9-11-14-27)42-38(41-36)33-24-23-32(25-34(33)43)46-35(7-3)39(44)45-4;1-3-5-4-2/h6,8-25,35,43H,5,7H2,1-4H3;3-5H2,1-2H3/b12-8-,26-6+;. The van der Waals surface area contributed by atoms with Crippen LogP contribution in [-0.4, -0.2) is 39.2 Å². The van der Waals surface area contributed by atoms with E-state index in [0.717, 1.165) is 39.8 Å². The second-order valence-corrected chi connectivity index (χ2v) is 12.0. The van der Waals surface area contributed by atoms with Crippen LogP contribution < -0.4 is 4.74 Å². The molecule has 0 saturated heterocycles. The maximum atomic E-state index is 12.0. The summed E-state index contributed by atoms with van der Waals surface area (Å²) in [5, 5.41) is 11.1. The molecule has 4 aromatic carbocycles. The van der Waals surface area contributed by atoms with Gasteiger partial charge in [-0.25, -0.2) is 19.7 Å². The van der Waals surface area contributed by atoms with E-state index in [1.807, 2.05) is 68.4 Å². The van der Waals surface area contributed by atoms with E-state index in [2.05, 4.69) is 63.3 Å². The lowest BCUT2D eigenvalue weighted by molar-refractivity contribution is -0.148. The number of hydrogen-bond acceptors (Lipinski definition) is 7. The van der Waals surface area contributed by atoms with Crippen molar-refractivity contribution in [1.29, 1.82) is 0 Å². The van der Waals surface area contributed by atoms with Crippen molar-refractivity contribution in [1.82, 2.24) is 15.0 Å². The molecule has 0 radical (unpaired) electrons. The summed E-state index contributed by atoms with van der Waals surface area (Å²) in [7, 11) is 1.32. The third kappa shape index (κ3) is 10.5. The minimum Gasteiger partial charge on any atom is -0.507 e. The Bertz CT molecular complexity index is 1900. The predicted molar refractivity (Wildman–Crippen MR) is 208 cm³/mol. The van der Waals surface area contributed by atoms with Gasteiger partial charge in [-0.15, -0.1) is 0 Å². The van der Waals surface area contributed by atoms with E-state index in [-0.39, 0.29) is 5.75 Å².